The zero-order valence-corrected chi connectivity index (χ0v) is 13.5. The number of hydrogen-bond donors (Lipinski definition) is 0. The molecule has 130 valence electrons. The van der Waals surface area contributed by atoms with Gasteiger partial charge in [0.25, 0.3) is 5.91 Å². The number of hydrogen-bond acceptors (Lipinski definition) is 5. The van der Waals surface area contributed by atoms with Crippen molar-refractivity contribution in [3.05, 3.63) is 47.9 Å². The van der Waals surface area contributed by atoms with Crippen molar-refractivity contribution < 1.29 is 23.4 Å². The highest BCUT2D eigenvalue weighted by Gasteiger charge is 2.28. The lowest BCUT2D eigenvalue weighted by molar-refractivity contribution is 0.0973. The van der Waals surface area contributed by atoms with Crippen LogP contribution in [-0.2, 0) is 4.74 Å². The number of fused-ring (bicyclic) bond motifs is 1. The van der Waals surface area contributed by atoms with Gasteiger partial charge in [0, 0.05) is 24.2 Å². The van der Waals surface area contributed by atoms with Gasteiger partial charge in [-0.2, -0.15) is 0 Å². The first-order valence-corrected chi connectivity index (χ1v) is 8.16. The maximum atomic E-state index is 14.2. The van der Waals surface area contributed by atoms with Crippen molar-refractivity contribution in [1.82, 2.24) is 4.98 Å². The Bertz CT molecular complexity index is 792. The van der Waals surface area contributed by atoms with E-state index in [1.54, 1.807) is 24.3 Å². The average molecular weight is 344 g/mol. The van der Waals surface area contributed by atoms with E-state index in [2.05, 4.69) is 4.98 Å². The van der Waals surface area contributed by atoms with Gasteiger partial charge >= 0.3 is 0 Å². The zero-order valence-electron chi connectivity index (χ0n) is 13.5. The fraction of sp³-hybridized carbons (Fsp3) is 0.333. The van der Waals surface area contributed by atoms with Crippen LogP contribution in [0.15, 0.2) is 36.5 Å². The molecule has 0 unspecified atom stereocenters. The number of pyridine rings is 1. The molecule has 0 N–H and O–H groups in total. The lowest BCUT2D eigenvalue weighted by Gasteiger charge is -2.29. The van der Waals surface area contributed by atoms with E-state index in [1.165, 1.54) is 17.2 Å². The summed E-state index contributed by atoms with van der Waals surface area (Å²) in [5.41, 5.74) is 0.558. The van der Waals surface area contributed by atoms with Crippen LogP contribution in [-0.4, -0.2) is 43.4 Å². The molecule has 1 fully saturated rings. The van der Waals surface area contributed by atoms with Crippen LogP contribution in [0.4, 0.5) is 10.1 Å². The van der Waals surface area contributed by atoms with Crippen LogP contribution in [0.1, 0.15) is 16.8 Å². The van der Waals surface area contributed by atoms with Gasteiger partial charge in [0.15, 0.2) is 5.82 Å². The molecule has 2 aliphatic rings. The van der Waals surface area contributed by atoms with Gasteiger partial charge in [-0.15, -0.1) is 0 Å². The van der Waals surface area contributed by atoms with Crippen LogP contribution in [0.2, 0.25) is 0 Å². The van der Waals surface area contributed by atoms with E-state index in [9.17, 15) is 9.18 Å². The third-order valence-corrected chi connectivity index (χ3v) is 4.19. The van der Waals surface area contributed by atoms with E-state index in [4.69, 9.17) is 14.2 Å². The third-order valence-electron chi connectivity index (χ3n) is 4.19. The number of rotatable bonds is 3. The Balaban J connectivity index is 1.60. The molecule has 7 heteroatoms. The van der Waals surface area contributed by atoms with Gasteiger partial charge in [0.05, 0.1) is 19.8 Å². The predicted molar refractivity (Wildman–Crippen MR) is 87.7 cm³/mol. The molecular formula is C18H17FN2O4. The molecule has 4 rings (SSSR count). The zero-order chi connectivity index (χ0) is 17.2. The molecule has 0 saturated carbocycles. The standard InChI is InChI=1S/C18H17FN2O4/c19-14-2-1-3-15-17(14)21(7-9-24-15)18(22)12-4-6-20-16(10-12)25-13-5-8-23-11-13/h1-4,6,10,13H,5,7-9,11H2/t13-/m1/s1. The minimum absolute atomic E-state index is 0.0561. The first-order chi connectivity index (χ1) is 12.2. The molecule has 2 aromatic rings. The van der Waals surface area contributed by atoms with Gasteiger partial charge in [-0.1, -0.05) is 6.07 Å². The van der Waals surface area contributed by atoms with Crippen LogP contribution in [0.5, 0.6) is 11.6 Å². The summed E-state index contributed by atoms with van der Waals surface area (Å²) in [6.07, 6.45) is 2.25. The SMILES string of the molecule is O=C(c1ccnc(O[C@@H]2CCOC2)c1)N1CCOc2cccc(F)c21. The van der Waals surface area contributed by atoms with E-state index in [1.807, 2.05) is 0 Å². The molecule has 1 amide bonds. The first kappa shape index (κ1) is 15.8. The Morgan fingerprint density at radius 1 is 1.32 bits per heavy atom. The fourth-order valence-corrected chi connectivity index (χ4v) is 2.98. The van der Waals surface area contributed by atoms with Crippen molar-refractivity contribution in [3.63, 3.8) is 0 Å². The molecule has 2 aliphatic heterocycles. The smallest absolute Gasteiger partial charge is 0.258 e. The van der Waals surface area contributed by atoms with Crippen molar-refractivity contribution >= 4 is 11.6 Å². The highest BCUT2D eigenvalue weighted by atomic mass is 19.1. The van der Waals surface area contributed by atoms with Gasteiger partial charge < -0.3 is 14.2 Å². The average Bonchev–Trinajstić information content (AvgIpc) is 3.14. The Morgan fingerprint density at radius 3 is 3.08 bits per heavy atom. The van der Waals surface area contributed by atoms with Crippen LogP contribution in [0.3, 0.4) is 0 Å². The lowest BCUT2D eigenvalue weighted by Crippen LogP contribution is -2.38. The quantitative estimate of drug-likeness (QED) is 0.856. The molecule has 25 heavy (non-hydrogen) atoms. The topological polar surface area (TPSA) is 60.9 Å². The fourth-order valence-electron chi connectivity index (χ4n) is 2.98. The number of halogens is 1. The van der Waals surface area contributed by atoms with Crippen LogP contribution in [0.25, 0.3) is 0 Å². The van der Waals surface area contributed by atoms with Gasteiger partial charge in [-0.05, 0) is 18.2 Å². The van der Waals surface area contributed by atoms with Crippen LogP contribution >= 0.6 is 0 Å². The molecule has 0 aliphatic carbocycles. The third kappa shape index (κ3) is 3.15. The first-order valence-electron chi connectivity index (χ1n) is 8.16. The highest BCUT2D eigenvalue weighted by Crippen LogP contribution is 2.35. The van der Waals surface area contributed by atoms with Crippen molar-refractivity contribution in [2.45, 2.75) is 12.5 Å². The predicted octanol–water partition coefficient (Wildman–Crippen LogP) is 2.43. The molecule has 0 bridgehead atoms. The van der Waals surface area contributed by atoms with Gasteiger partial charge in [-0.3, -0.25) is 9.69 Å². The molecule has 1 atom stereocenters. The number of ether oxygens (including phenoxy) is 3. The Labute approximate surface area is 144 Å². The Kier molecular flexibility index (Phi) is 4.23. The second-order valence-corrected chi connectivity index (χ2v) is 5.88. The van der Waals surface area contributed by atoms with Crippen molar-refractivity contribution in [2.75, 3.05) is 31.3 Å². The van der Waals surface area contributed by atoms with E-state index in [-0.39, 0.29) is 24.2 Å². The molecule has 0 spiro atoms. The van der Waals surface area contributed by atoms with Gasteiger partial charge in [0.1, 0.15) is 24.1 Å². The summed E-state index contributed by atoms with van der Waals surface area (Å²) < 4.78 is 30.7. The summed E-state index contributed by atoms with van der Waals surface area (Å²) in [4.78, 5) is 18.4. The van der Waals surface area contributed by atoms with E-state index >= 15 is 0 Å². The van der Waals surface area contributed by atoms with Gasteiger partial charge in [-0.25, -0.2) is 9.37 Å². The summed E-state index contributed by atoms with van der Waals surface area (Å²) in [5.74, 6) is -0.0691. The Hall–Kier alpha value is -2.67. The monoisotopic (exact) mass is 344 g/mol. The number of carbonyl (C=O) groups is 1. The normalized spacial score (nSPS) is 19.2. The summed E-state index contributed by atoms with van der Waals surface area (Å²) in [7, 11) is 0. The molecular weight excluding hydrogens is 327 g/mol. The second kappa shape index (κ2) is 6.68. The Morgan fingerprint density at radius 2 is 2.24 bits per heavy atom. The number of benzene rings is 1. The molecule has 6 nitrogen and oxygen atoms in total. The van der Waals surface area contributed by atoms with Crippen molar-refractivity contribution in [1.29, 1.82) is 0 Å². The maximum absolute atomic E-state index is 14.2. The number of amides is 1. The summed E-state index contributed by atoms with van der Waals surface area (Å²) in [6.45, 7) is 1.77. The molecule has 0 radical (unpaired) electrons. The van der Waals surface area contributed by atoms with E-state index in [0.29, 0.717) is 37.0 Å². The molecule has 3 heterocycles. The minimum atomic E-state index is -0.487. The maximum Gasteiger partial charge on any atom is 0.258 e. The molecule has 1 aromatic carbocycles. The van der Waals surface area contributed by atoms with Crippen LogP contribution in [0, 0.1) is 5.82 Å². The molecule has 1 saturated heterocycles. The summed E-state index contributed by atoms with van der Waals surface area (Å²) in [6, 6.07) is 7.70. The largest absolute Gasteiger partial charge is 0.489 e. The second-order valence-electron chi connectivity index (χ2n) is 5.88. The number of anilines is 1. The van der Waals surface area contributed by atoms with Crippen molar-refractivity contribution in [2.24, 2.45) is 0 Å². The molecule has 1 aromatic heterocycles. The highest BCUT2D eigenvalue weighted by molar-refractivity contribution is 6.07. The number of carbonyl (C=O) groups excluding carboxylic acids is 1. The van der Waals surface area contributed by atoms with Crippen LogP contribution < -0.4 is 14.4 Å². The van der Waals surface area contributed by atoms with Gasteiger partial charge in [0.2, 0.25) is 5.88 Å². The van der Waals surface area contributed by atoms with E-state index < -0.39 is 5.82 Å². The van der Waals surface area contributed by atoms with E-state index in [0.717, 1.165) is 6.42 Å². The number of aromatic nitrogens is 1. The lowest BCUT2D eigenvalue weighted by atomic mass is 10.1. The summed E-state index contributed by atoms with van der Waals surface area (Å²) >= 11 is 0. The minimum Gasteiger partial charge on any atom is -0.489 e. The number of nitrogens with zero attached hydrogens (tertiary/aromatic N) is 2. The number of para-hydroxylation sites is 1. The van der Waals surface area contributed by atoms with Crippen molar-refractivity contribution in [3.8, 4) is 11.6 Å². The summed E-state index contributed by atoms with van der Waals surface area (Å²) in [5, 5.41) is 0.